The Morgan fingerprint density at radius 3 is 3.20 bits per heavy atom. The van der Waals surface area contributed by atoms with Gasteiger partial charge in [0.2, 0.25) is 5.78 Å². The minimum absolute atomic E-state index is 0.00298. The van der Waals surface area contributed by atoms with E-state index in [-0.39, 0.29) is 11.5 Å². The van der Waals surface area contributed by atoms with E-state index in [9.17, 15) is 5.11 Å². The summed E-state index contributed by atoms with van der Waals surface area (Å²) in [5.74, 6) is 0.730. The van der Waals surface area contributed by atoms with Gasteiger partial charge in [0.15, 0.2) is 0 Å². The third-order valence-corrected chi connectivity index (χ3v) is 4.48. The van der Waals surface area contributed by atoms with E-state index in [0.29, 0.717) is 0 Å². The van der Waals surface area contributed by atoms with Gasteiger partial charge in [-0.25, -0.2) is 9.97 Å². The van der Waals surface area contributed by atoms with Crippen LogP contribution in [0.25, 0.3) is 5.78 Å². The van der Waals surface area contributed by atoms with E-state index in [1.165, 1.54) is 6.42 Å². The monoisotopic (exact) mass is 274 g/mol. The molecule has 0 aromatic carbocycles. The molecule has 5 heteroatoms. The maximum absolute atomic E-state index is 10.2. The predicted octanol–water partition coefficient (Wildman–Crippen LogP) is 1.76. The molecule has 2 atom stereocenters. The first kappa shape index (κ1) is 13.5. The van der Waals surface area contributed by atoms with Crippen molar-refractivity contribution in [3.8, 4) is 0 Å². The summed E-state index contributed by atoms with van der Waals surface area (Å²) < 4.78 is 1.99. The summed E-state index contributed by atoms with van der Waals surface area (Å²) in [4.78, 5) is 8.49. The lowest BCUT2D eigenvalue weighted by Crippen LogP contribution is -2.43. The largest absolute Gasteiger partial charge is 0.393 e. The molecule has 0 radical (unpaired) electrons. The summed E-state index contributed by atoms with van der Waals surface area (Å²) in [6, 6.07) is 1.91. The second-order valence-corrected chi connectivity index (χ2v) is 6.06. The third-order valence-electron chi connectivity index (χ3n) is 4.48. The number of hydrogen-bond acceptors (Lipinski definition) is 4. The maximum Gasteiger partial charge on any atom is 0.233 e. The van der Waals surface area contributed by atoms with Crippen molar-refractivity contribution in [1.82, 2.24) is 19.7 Å². The van der Waals surface area contributed by atoms with Crippen molar-refractivity contribution in [1.29, 1.82) is 0 Å². The smallest absolute Gasteiger partial charge is 0.233 e. The number of imidazole rings is 1. The van der Waals surface area contributed by atoms with Crippen molar-refractivity contribution >= 4 is 5.78 Å². The Kier molecular flexibility index (Phi) is 3.72. The van der Waals surface area contributed by atoms with Crippen molar-refractivity contribution in [2.24, 2.45) is 5.41 Å². The Morgan fingerprint density at radius 1 is 1.45 bits per heavy atom. The molecule has 0 bridgehead atoms. The summed E-state index contributed by atoms with van der Waals surface area (Å²) in [5, 5.41) is 13.7. The van der Waals surface area contributed by atoms with Crippen molar-refractivity contribution < 1.29 is 5.11 Å². The van der Waals surface area contributed by atoms with Gasteiger partial charge in [0.25, 0.3) is 0 Å². The molecular weight excluding hydrogens is 252 g/mol. The molecule has 1 aliphatic carbocycles. The lowest BCUT2D eigenvalue weighted by atomic mass is 9.73. The zero-order valence-corrected chi connectivity index (χ0v) is 11.9. The Morgan fingerprint density at radius 2 is 2.35 bits per heavy atom. The van der Waals surface area contributed by atoms with Gasteiger partial charge in [-0.1, -0.05) is 19.8 Å². The Labute approximate surface area is 119 Å². The average Bonchev–Trinajstić information content (AvgIpc) is 2.86. The molecule has 5 nitrogen and oxygen atoms in total. The van der Waals surface area contributed by atoms with Gasteiger partial charge < -0.3 is 10.4 Å². The van der Waals surface area contributed by atoms with E-state index in [4.69, 9.17) is 0 Å². The topological polar surface area (TPSA) is 62.5 Å². The molecular formula is C15H22N4O. The average molecular weight is 274 g/mol. The van der Waals surface area contributed by atoms with Gasteiger partial charge in [0.05, 0.1) is 18.0 Å². The molecule has 2 aromatic heterocycles. The second-order valence-electron chi connectivity index (χ2n) is 6.06. The van der Waals surface area contributed by atoms with Crippen molar-refractivity contribution in [2.45, 2.75) is 45.3 Å². The summed E-state index contributed by atoms with van der Waals surface area (Å²) in [5.41, 5.74) is 1.10. The molecule has 1 aliphatic rings. The maximum atomic E-state index is 10.2. The van der Waals surface area contributed by atoms with Gasteiger partial charge in [-0.15, -0.1) is 0 Å². The van der Waals surface area contributed by atoms with Crippen LogP contribution in [0.2, 0.25) is 0 Å². The van der Waals surface area contributed by atoms with Crippen LogP contribution in [0.1, 0.15) is 38.3 Å². The lowest BCUT2D eigenvalue weighted by Gasteiger charge is -2.38. The minimum atomic E-state index is -0.187. The normalized spacial score (nSPS) is 27.0. The van der Waals surface area contributed by atoms with E-state index >= 15 is 0 Å². The SMILES string of the molecule is CC1(CNCc2cnc3ncccn23)CCCCC1O. The van der Waals surface area contributed by atoms with Gasteiger partial charge in [-0.05, 0) is 18.9 Å². The quantitative estimate of drug-likeness (QED) is 0.892. The summed E-state index contributed by atoms with van der Waals surface area (Å²) in [6.45, 7) is 3.76. The molecule has 2 heterocycles. The third kappa shape index (κ3) is 2.55. The van der Waals surface area contributed by atoms with Crippen molar-refractivity contribution in [3.05, 3.63) is 30.4 Å². The molecule has 0 spiro atoms. The van der Waals surface area contributed by atoms with Crippen molar-refractivity contribution in [2.75, 3.05) is 6.54 Å². The summed E-state index contributed by atoms with van der Waals surface area (Å²) >= 11 is 0. The minimum Gasteiger partial charge on any atom is -0.393 e. The summed E-state index contributed by atoms with van der Waals surface area (Å²) in [7, 11) is 0. The van der Waals surface area contributed by atoms with Gasteiger partial charge >= 0.3 is 0 Å². The number of rotatable bonds is 4. The fourth-order valence-corrected chi connectivity index (χ4v) is 3.07. The first-order valence-corrected chi connectivity index (χ1v) is 7.35. The fourth-order valence-electron chi connectivity index (χ4n) is 3.07. The van der Waals surface area contributed by atoms with E-state index < -0.39 is 0 Å². The fraction of sp³-hybridized carbons (Fsp3) is 0.600. The molecule has 1 saturated carbocycles. The van der Waals surface area contributed by atoms with E-state index in [0.717, 1.165) is 43.8 Å². The lowest BCUT2D eigenvalue weighted by molar-refractivity contribution is 0.00110. The van der Waals surface area contributed by atoms with Gasteiger partial charge in [0, 0.05) is 30.9 Å². The highest BCUT2D eigenvalue weighted by Crippen LogP contribution is 2.35. The molecule has 3 rings (SSSR count). The highest BCUT2D eigenvalue weighted by molar-refractivity contribution is 5.30. The van der Waals surface area contributed by atoms with Crippen LogP contribution in [-0.4, -0.2) is 32.1 Å². The van der Waals surface area contributed by atoms with E-state index in [2.05, 4.69) is 22.2 Å². The van der Waals surface area contributed by atoms with Crippen LogP contribution in [0.15, 0.2) is 24.7 Å². The molecule has 1 fully saturated rings. The number of aliphatic hydroxyl groups is 1. The first-order valence-electron chi connectivity index (χ1n) is 7.35. The molecule has 0 aliphatic heterocycles. The van der Waals surface area contributed by atoms with Crippen LogP contribution in [-0.2, 0) is 6.54 Å². The number of hydrogen-bond donors (Lipinski definition) is 2. The van der Waals surface area contributed by atoms with E-state index in [1.54, 1.807) is 6.20 Å². The van der Waals surface area contributed by atoms with Gasteiger partial charge in [-0.2, -0.15) is 0 Å². The molecule has 2 unspecified atom stereocenters. The number of aliphatic hydroxyl groups excluding tert-OH is 1. The predicted molar refractivity (Wildman–Crippen MR) is 77.3 cm³/mol. The van der Waals surface area contributed by atoms with Crippen LogP contribution in [0.5, 0.6) is 0 Å². The number of nitrogens with zero attached hydrogens (tertiary/aromatic N) is 3. The number of aromatic nitrogens is 3. The molecule has 20 heavy (non-hydrogen) atoms. The van der Waals surface area contributed by atoms with Crippen LogP contribution in [0.3, 0.4) is 0 Å². The zero-order chi connectivity index (χ0) is 14.0. The van der Waals surface area contributed by atoms with Crippen LogP contribution < -0.4 is 5.32 Å². The molecule has 0 amide bonds. The Balaban J connectivity index is 1.62. The summed E-state index contributed by atoms with van der Waals surface area (Å²) in [6.07, 6.45) is 9.78. The van der Waals surface area contributed by atoms with E-state index in [1.807, 2.05) is 22.9 Å². The molecule has 108 valence electrons. The van der Waals surface area contributed by atoms with Crippen molar-refractivity contribution in [3.63, 3.8) is 0 Å². The molecule has 0 saturated heterocycles. The number of nitrogens with one attached hydrogen (secondary N) is 1. The Bertz CT molecular complexity index is 582. The van der Waals surface area contributed by atoms with Gasteiger partial charge in [-0.3, -0.25) is 4.40 Å². The molecule has 2 N–H and O–H groups in total. The van der Waals surface area contributed by atoms with Crippen LogP contribution in [0, 0.1) is 5.41 Å². The molecule has 2 aromatic rings. The van der Waals surface area contributed by atoms with Crippen LogP contribution in [0.4, 0.5) is 0 Å². The Hall–Kier alpha value is -1.46. The first-order chi connectivity index (χ1) is 9.69. The zero-order valence-electron chi connectivity index (χ0n) is 11.9. The van der Waals surface area contributed by atoms with Crippen LogP contribution >= 0.6 is 0 Å². The highest BCUT2D eigenvalue weighted by Gasteiger charge is 2.34. The number of fused-ring (bicyclic) bond motifs is 1. The van der Waals surface area contributed by atoms with Gasteiger partial charge in [0.1, 0.15) is 0 Å². The second kappa shape index (κ2) is 5.50. The standard InChI is InChI=1S/C15H22N4O/c1-15(6-3-2-5-13(15)20)11-16-9-12-10-18-14-17-7-4-8-19(12)14/h4,7-8,10,13,16,20H,2-3,5-6,9,11H2,1H3. The highest BCUT2D eigenvalue weighted by atomic mass is 16.3.